The highest BCUT2D eigenvalue weighted by Crippen LogP contribution is 2.36. The quantitative estimate of drug-likeness (QED) is 0.672. The van der Waals surface area contributed by atoms with Gasteiger partial charge in [0, 0.05) is 17.4 Å². The number of carbonyl (C=O) groups is 1. The molecule has 2 atom stereocenters. The molecule has 4 nitrogen and oxygen atoms in total. The van der Waals surface area contributed by atoms with Crippen molar-refractivity contribution in [2.24, 2.45) is 11.7 Å². The lowest BCUT2D eigenvalue weighted by atomic mass is 10.1. The molecule has 0 aromatic heterocycles. The van der Waals surface area contributed by atoms with Gasteiger partial charge in [0.05, 0.1) is 5.56 Å². The number of primary amides is 1. The average molecular weight is 219 g/mol. The maximum atomic E-state index is 11.1. The van der Waals surface area contributed by atoms with Crippen LogP contribution in [0.3, 0.4) is 0 Å². The molecular formula is C12H17N3O. The van der Waals surface area contributed by atoms with Crippen LogP contribution < -0.4 is 16.8 Å². The predicted octanol–water partition coefficient (Wildman–Crippen LogP) is 1.58. The molecule has 0 saturated heterocycles. The zero-order valence-corrected chi connectivity index (χ0v) is 9.36. The van der Waals surface area contributed by atoms with Gasteiger partial charge in [0.1, 0.15) is 0 Å². The second kappa shape index (κ2) is 4.04. The van der Waals surface area contributed by atoms with Crippen LogP contribution in [0.15, 0.2) is 18.2 Å². The molecule has 1 aromatic carbocycles. The molecular weight excluding hydrogens is 202 g/mol. The highest BCUT2D eigenvalue weighted by Gasteiger charge is 2.35. The number of nitrogens with one attached hydrogen (secondary N) is 1. The zero-order chi connectivity index (χ0) is 11.7. The number of benzene rings is 1. The highest BCUT2D eigenvalue weighted by atomic mass is 16.1. The van der Waals surface area contributed by atoms with Crippen molar-refractivity contribution in [3.8, 4) is 0 Å². The minimum atomic E-state index is -0.482. The van der Waals surface area contributed by atoms with Gasteiger partial charge in [-0.25, -0.2) is 0 Å². The van der Waals surface area contributed by atoms with Crippen LogP contribution in [0.25, 0.3) is 0 Å². The Kier molecular flexibility index (Phi) is 2.73. The number of rotatable bonds is 4. The van der Waals surface area contributed by atoms with E-state index in [1.807, 2.05) is 6.07 Å². The van der Waals surface area contributed by atoms with Crippen molar-refractivity contribution < 1.29 is 4.79 Å². The molecule has 5 N–H and O–H groups in total. The van der Waals surface area contributed by atoms with Gasteiger partial charge in [-0.2, -0.15) is 0 Å². The number of hydrogen-bond acceptors (Lipinski definition) is 3. The largest absolute Gasteiger partial charge is 0.398 e. The van der Waals surface area contributed by atoms with Crippen LogP contribution in [0.2, 0.25) is 0 Å². The Labute approximate surface area is 95.0 Å². The van der Waals surface area contributed by atoms with E-state index < -0.39 is 5.91 Å². The molecule has 0 aliphatic heterocycles. The van der Waals surface area contributed by atoms with E-state index in [4.69, 9.17) is 11.5 Å². The molecule has 1 aliphatic carbocycles. The summed E-state index contributed by atoms with van der Waals surface area (Å²) in [6, 6.07) is 5.86. The summed E-state index contributed by atoms with van der Waals surface area (Å²) >= 11 is 0. The Bertz CT molecular complexity index is 417. The Morgan fingerprint density at radius 2 is 2.31 bits per heavy atom. The Morgan fingerprint density at radius 1 is 1.56 bits per heavy atom. The van der Waals surface area contributed by atoms with Gasteiger partial charge in [-0.3, -0.25) is 4.79 Å². The topological polar surface area (TPSA) is 81.1 Å². The van der Waals surface area contributed by atoms with E-state index in [1.54, 1.807) is 12.1 Å². The molecule has 0 radical (unpaired) electrons. The van der Waals surface area contributed by atoms with Crippen LogP contribution in [0, 0.1) is 5.92 Å². The molecule has 1 fully saturated rings. The number of carbonyl (C=O) groups excluding carboxylic acids is 1. The minimum absolute atomic E-state index is 0.388. The van der Waals surface area contributed by atoms with Gasteiger partial charge < -0.3 is 16.8 Å². The maximum absolute atomic E-state index is 11.1. The van der Waals surface area contributed by atoms with Crippen LogP contribution >= 0.6 is 0 Å². The zero-order valence-electron chi connectivity index (χ0n) is 9.36. The molecule has 0 spiro atoms. The van der Waals surface area contributed by atoms with Crippen molar-refractivity contribution in [1.82, 2.24) is 0 Å². The first-order valence-electron chi connectivity index (χ1n) is 5.57. The lowest BCUT2D eigenvalue weighted by Gasteiger charge is -2.08. The van der Waals surface area contributed by atoms with E-state index in [0.717, 1.165) is 11.6 Å². The third-order valence-electron chi connectivity index (χ3n) is 3.12. The Balaban J connectivity index is 2.11. The SMILES string of the molecule is CCC1CC1Nc1ccc(N)c(C(N)=O)c1. The fraction of sp³-hybridized carbons (Fsp3) is 0.417. The molecule has 86 valence electrons. The predicted molar refractivity (Wildman–Crippen MR) is 65.2 cm³/mol. The number of nitrogens with two attached hydrogens (primary N) is 2. The second-order valence-corrected chi connectivity index (χ2v) is 4.32. The van der Waals surface area contributed by atoms with Crippen molar-refractivity contribution in [2.45, 2.75) is 25.8 Å². The molecule has 1 amide bonds. The summed E-state index contributed by atoms with van der Waals surface area (Å²) in [6.45, 7) is 2.18. The lowest BCUT2D eigenvalue weighted by Crippen LogP contribution is -2.14. The summed E-state index contributed by atoms with van der Waals surface area (Å²) in [5.41, 5.74) is 12.6. The molecule has 1 aromatic rings. The fourth-order valence-corrected chi connectivity index (χ4v) is 1.95. The summed E-state index contributed by atoms with van der Waals surface area (Å²) in [4.78, 5) is 11.1. The van der Waals surface area contributed by atoms with Crippen molar-refractivity contribution in [3.05, 3.63) is 23.8 Å². The molecule has 16 heavy (non-hydrogen) atoms. The average Bonchev–Trinajstić information content (AvgIpc) is 2.99. The van der Waals surface area contributed by atoms with E-state index >= 15 is 0 Å². The van der Waals surface area contributed by atoms with Crippen molar-refractivity contribution in [2.75, 3.05) is 11.1 Å². The number of anilines is 2. The fourth-order valence-electron chi connectivity index (χ4n) is 1.95. The van der Waals surface area contributed by atoms with E-state index in [2.05, 4.69) is 12.2 Å². The van der Waals surface area contributed by atoms with Crippen LogP contribution in [0.1, 0.15) is 30.1 Å². The van der Waals surface area contributed by atoms with Gasteiger partial charge in [0.25, 0.3) is 5.91 Å². The van der Waals surface area contributed by atoms with E-state index in [0.29, 0.717) is 17.3 Å². The summed E-state index contributed by atoms with van der Waals surface area (Å²) in [5.74, 6) is 0.276. The van der Waals surface area contributed by atoms with Crippen molar-refractivity contribution in [1.29, 1.82) is 0 Å². The van der Waals surface area contributed by atoms with Crippen LogP contribution in [-0.4, -0.2) is 11.9 Å². The third-order valence-corrected chi connectivity index (χ3v) is 3.12. The first-order valence-corrected chi connectivity index (χ1v) is 5.57. The van der Waals surface area contributed by atoms with E-state index in [-0.39, 0.29) is 0 Å². The highest BCUT2D eigenvalue weighted by molar-refractivity contribution is 5.98. The summed E-state index contributed by atoms with van der Waals surface area (Å²) in [6.07, 6.45) is 2.39. The van der Waals surface area contributed by atoms with Crippen molar-refractivity contribution >= 4 is 17.3 Å². The monoisotopic (exact) mass is 219 g/mol. The number of amides is 1. The first kappa shape index (κ1) is 10.8. The van der Waals surface area contributed by atoms with E-state index in [1.165, 1.54) is 12.8 Å². The maximum Gasteiger partial charge on any atom is 0.250 e. The van der Waals surface area contributed by atoms with Gasteiger partial charge in [0.15, 0.2) is 0 Å². The lowest BCUT2D eigenvalue weighted by molar-refractivity contribution is 0.100. The van der Waals surface area contributed by atoms with Crippen LogP contribution in [-0.2, 0) is 0 Å². The summed E-state index contributed by atoms with van der Waals surface area (Å²) in [5, 5.41) is 3.38. The van der Waals surface area contributed by atoms with Gasteiger partial charge in [0.2, 0.25) is 0 Å². The molecule has 0 heterocycles. The standard InChI is InChI=1S/C12H17N3O/c1-2-7-5-11(7)15-8-3-4-10(13)9(6-8)12(14)16/h3-4,6-7,11,15H,2,5,13H2,1H3,(H2,14,16). The molecule has 4 heteroatoms. The van der Waals surface area contributed by atoms with Gasteiger partial charge in [-0.05, 0) is 30.5 Å². The molecule has 1 aliphatic rings. The third kappa shape index (κ3) is 2.10. The molecule has 1 saturated carbocycles. The normalized spacial score (nSPS) is 22.8. The molecule has 2 rings (SSSR count). The van der Waals surface area contributed by atoms with Gasteiger partial charge in [-0.15, -0.1) is 0 Å². The minimum Gasteiger partial charge on any atom is -0.398 e. The van der Waals surface area contributed by atoms with Crippen LogP contribution in [0.4, 0.5) is 11.4 Å². The first-order chi connectivity index (χ1) is 7.61. The molecule has 2 unspecified atom stereocenters. The smallest absolute Gasteiger partial charge is 0.250 e. The van der Waals surface area contributed by atoms with Gasteiger partial charge >= 0.3 is 0 Å². The van der Waals surface area contributed by atoms with Crippen molar-refractivity contribution in [3.63, 3.8) is 0 Å². The number of hydrogen-bond donors (Lipinski definition) is 3. The summed E-state index contributed by atoms with van der Waals surface area (Å²) < 4.78 is 0. The number of nitrogen functional groups attached to an aromatic ring is 1. The van der Waals surface area contributed by atoms with Gasteiger partial charge in [-0.1, -0.05) is 13.3 Å². The summed E-state index contributed by atoms with van der Waals surface area (Å²) in [7, 11) is 0. The molecule has 0 bridgehead atoms. The van der Waals surface area contributed by atoms with Crippen LogP contribution in [0.5, 0.6) is 0 Å². The second-order valence-electron chi connectivity index (χ2n) is 4.32. The van der Waals surface area contributed by atoms with E-state index in [9.17, 15) is 4.79 Å². The Morgan fingerprint density at radius 3 is 2.88 bits per heavy atom. The Hall–Kier alpha value is -1.71.